The van der Waals surface area contributed by atoms with Crippen molar-refractivity contribution in [3.63, 3.8) is 0 Å². The van der Waals surface area contributed by atoms with Crippen LogP contribution in [0.3, 0.4) is 0 Å². The summed E-state index contributed by atoms with van der Waals surface area (Å²) in [6.45, 7) is 4.18. The average molecular weight is 610 g/mol. The van der Waals surface area contributed by atoms with E-state index in [2.05, 4.69) is 4.90 Å². The molecule has 1 saturated heterocycles. The van der Waals surface area contributed by atoms with Crippen LogP contribution in [0.2, 0.25) is 0 Å². The van der Waals surface area contributed by atoms with Gasteiger partial charge in [0.25, 0.3) is 0 Å². The number of benzene rings is 3. The van der Waals surface area contributed by atoms with Gasteiger partial charge in [0.1, 0.15) is 11.5 Å². The van der Waals surface area contributed by atoms with Gasteiger partial charge in [-0.25, -0.2) is 4.79 Å². The van der Waals surface area contributed by atoms with Gasteiger partial charge in [-0.1, -0.05) is 56.7 Å². The molecule has 0 atom stereocenters. The lowest BCUT2D eigenvalue weighted by atomic mass is 9.91. The lowest BCUT2D eigenvalue weighted by Gasteiger charge is -2.19. The number of ether oxygens (including phenoxy) is 2. The number of likely N-dealkylation sites (tertiary alicyclic amines) is 1. The van der Waals surface area contributed by atoms with Crippen molar-refractivity contribution in [1.82, 2.24) is 4.90 Å². The molecule has 6 heteroatoms. The highest BCUT2D eigenvalue weighted by Crippen LogP contribution is 2.43. The maximum Gasteiger partial charge on any atom is 0.343 e. The highest BCUT2D eigenvalue weighted by molar-refractivity contribution is 7.19. The van der Waals surface area contributed by atoms with Crippen LogP contribution in [0.25, 0.3) is 10.1 Å². The fourth-order valence-electron chi connectivity index (χ4n) is 6.65. The molecule has 0 amide bonds. The Balaban J connectivity index is 1.19. The quantitative estimate of drug-likeness (QED) is 0.0589. The highest BCUT2D eigenvalue weighted by atomic mass is 32.1. The van der Waals surface area contributed by atoms with E-state index >= 15 is 0 Å². The number of thiophene rings is 1. The zero-order chi connectivity index (χ0) is 30.1. The standard InChI is InChI=1S/C38H43NO4S/c40-36(28-17-19-31(20-18-28)42-26-12-25-39-23-10-3-4-11-24-39)35-33-22-21-32(43-38(41)30-15-8-5-9-16-30)27-34(33)44-37(35)29-13-6-1-2-7-14-29/h5,8-9,15-22,27,29H,1-4,6-7,10-14,23-26H2. The Morgan fingerprint density at radius 3 is 2.16 bits per heavy atom. The molecule has 0 spiro atoms. The first kappa shape index (κ1) is 30.5. The van der Waals surface area contributed by atoms with Crippen LogP contribution < -0.4 is 9.47 Å². The van der Waals surface area contributed by atoms with E-state index in [-0.39, 0.29) is 11.8 Å². The summed E-state index contributed by atoms with van der Waals surface area (Å²) in [5.74, 6) is 1.34. The Morgan fingerprint density at radius 2 is 1.43 bits per heavy atom. The van der Waals surface area contributed by atoms with Gasteiger partial charge in [0.15, 0.2) is 5.78 Å². The van der Waals surface area contributed by atoms with E-state index < -0.39 is 0 Å². The van der Waals surface area contributed by atoms with Crippen molar-refractivity contribution < 1.29 is 19.1 Å². The van der Waals surface area contributed by atoms with Crippen LogP contribution in [-0.2, 0) is 0 Å². The van der Waals surface area contributed by atoms with Gasteiger partial charge in [-0.15, -0.1) is 11.3 Å². The van der Waals surface area contributed by atoms with E-state index in [1.165, 1.54) is 69.3 Å². The smallest absolute Gasteiger partial charge is 0.343 e. The third-order valence-electron chi connectivity index (χ3n) is 9.06. The van der Waals surface area contributed by atoms with Crippen molar-refractivity contribution in [2.24, 2.45) is 0 Å². The molecule has 0 unspecified atom stereocenters. The third kappa shape index (κ3) is 7.59. The molecule has 6 rings (SSSR count). The maximum absolute atomic E-state index is 14.2. The number of carbonyl (C=O) groups is 2. The maximum atomic E-state index is 14.2. The lowest BCUT2D eigenvalue weighted by molar-refractivity contribution is 0.0734. The molecule has 2 heterocycles. The largest absolute Gasteiger partial charge is 0.494 e. The van der Waals surface area contributed by atoms with Gasteiger partial charge in [-0.2, -0.15) is 0 Å². The summed E-state index contributed by atoms with van der Waals surface area (Å²) < 4.78 is 12.8. The number of hydrogen-bond donors (Lipinski definition) is 0. The first-order valence-electron chi connectivity index (χ1n) is 16.5. The molecular weight excluding hydrogens is 566 g/mol. The Morgan fingerprint density at radius 1 is 0.750 bits per heavy atom. The fraction of sp³-hybridized carbons (Fsp3) is 0.421. The molecule has 1 aromatic heterocycles. The van der Waals surface area contributed by atoms with Crippen LogP contribution in [0.1, 0.15) is 108 Å². The number of esters is 1. The topological polar surface area (TPSA) is 55.8 Å². The molecule has 4 aromatic rings. The minimum Gasteiger partial charge on any atom is -0.494 e. The first-order chi connectivity index (χ1) is 21.7. The van der Waals surface area contributed by atoms with Gasteiger partial charge in [0.05, 0.1) is 12.2 Å². The van der Waals surface area contributed by atoms with Crippen LogP contribution in [0.5, 0.6) is 11.5 Å². The zero-order valence-corrected chi connectivity index (χ0v) is 26.4. The summed E-state index contributed by atoms with van der Waals surface area (Å²) in [5, 5.41) is 0.938. The average Bonchev–Trinajstić information content (AvgIpc) is 3.25. The number of nitrogens with zero attached hydrogens (tertiary/aromatic N) is 1. The number of carbonyl (C=O) groups excluding carboxylic acids is 2. The summed E-state index contributed by atoms with van der Waals surface area (Å²) >= 11 is 1.69. The van der Waals surface area contributed by atoms with Crippen LogP contribution in [0.15, 0.2) is 72.8 Å². The fourth-order valence-corrected chi connectivity index (χ4v) is 8.05. The molecule has 2 aliphatic rings. The molecule has 1 aliphatic carbocycles. The van der Waals surface area contributed by atoms with Gasteiger partial charge in [0, 0.05) is 32.6 Å². The van der Waals surface area contributed by atoms with Gasteiger partial charge in [-0.05, 0) is 106 Å². The molecule has 3 aromatic carbocycles. The molecule has 5 nitrogen and oxygen atoms in total. The molecular formula is C38H43NO4S. The van der Waals surface area contributed by atoms with Crippen molar-refractivity contribution in [1.29, 1.82) is 0 Å². The Bertz CT molecular complexity index is 1530. The number of rotatable bonds is 10. The third-order valence-corrected chi connectivity index (χ3v) is 10.4. The van der Waals surface area contributed by atoms with E-state index in [1.807, 2.05) is 60.7 Å². The second-order valence-electron chi connectivity index (χ2n) is 12.3. The van der Waals surface area contributed by atoms with Crippen molar-refractivity contribution in [2.45, 2.75) is 76.5 Å². The normalized spacial score (nSPS) is 16.7. The Labute approximate surface area is 265 Å². The molecule has 1 aliphatic heterocycles. The molecule has 2 fully saturated rings. The number of fused-ring (bicyclic) bond motifs is 1. The number of hydrogen-bond acceptors (Lipinski definition) is 6. The van der Waals surface area contributed by atoms with E-state index in [9.17, 15) is 9.59 Å². The molecule has 0 N–H and O–H groups in total. The summed E-state index contributed by atoms with van der Waals surface area (Å²) in [4.78, 5) is 30.6. The zero-order valence-electron chi connectivity index (χ0n) is 25.6. The van der Waals surface area contributed by atoms with Crippen LogP contribution in [-0.4, -0.2) is 42.9 Å². The monoisotopic (exact) mass is 609 g/mol. The van der Waals surface area contributed by atoms with E-state index in [4.69, 9.17) is 9.47 Å². The van der Waals surface area contributed by atoms with Gasteiger partial charge in [-0.3, -0.25) is 4.79 Å². The predicted molar refractivity (Wildman–Crippen MR) is 179 cm³/mol. The SMILES string of the molecule is O=C(Oc1ccc2c(C(=O)c3ccc(OCCCN4CCCCCC4)cc3)c(C3CCCCCC3)sc2c1)c1ccccc1. The summed E-state index contributed by atoms with van der Waals surface area (Å²) in [5.41, 5.74) is 2.00. The van der Waals surface area contributed by atoms with Gasteiger partial charge in [0.2, 0.25) is 0 Å². The number of ketones is 1. The summed E-state index contributed by atoms with van der Waals surface area (Å²) in [6.07, 6.45) is 13.4. The van der Waals surface area contributed by atoms with Crippen LogP contribution in [0.4, 0.5) is 0 Å². The molecule has 0 radical (unpaired) electrons. The van der Waals surface area contributed by atoms with Crippen molar-refractivity contribution in [3.05, 3.63) is 94.4 Å². The van der Waals surface area contributed by atoms with Gasteiger partial charge < -0.3 is 14.4 Å². The molecule has 44 heavy (non-hydrogen) atoms. The van der Waals surface area contributed by atoms with Crippen molar-refractivity contribution >= 4 is 33.2 Å². The first-order valence-corrected chi connectivity index (χ1v) is 17.3. The second-order valence-corrected chi connectivity index (χ2v) is 13.3. The minimum absolute atomic E-state index is 0.0530. The minimum atomic E-state index is -0.383. The molecule has 230 valence electrons. The van der Waals surface area contributed by atoms with Crippen LogP contribution >= 0.6 is 11.3 Å². The van der Waals surface area contributed by atoms with E-state index in [0.717, 1.165) is 47.2 Å². The van der Waals surface area contributed by atoms with E-state index in [0.29, 0.717) is 29.4 Å². The van der Waals surface area contributed by atoms with Crippen molar-refractivity contribution in [3.8, 4) is 11.5 Å². The Hall–Kier alpha value is -3.48. The van der Waals surface area contributed by atoms with Crippen LogP contribution in [0, 0.1) is 0 Å². The lowest BCUT2D eigenvalue weighted by Crippen LogP contribution is -2.26. The summed E-state index contributed by atoms with van der Waals surface area (Å²) in [7, 11) is 0. The summed E-state index contributed by atoms with van der Waals surface area (Å²) in [6, 6.07) is 22.4. The van der Waals surface area contributed by atoms with E-state index in [1.54, 1.807) is 23.5 Å². The molecule has 0 bridgehead atoms. The Kier molecular flexibility index (Phi) is 10.4. The second kappa shape index (κ2) is 15.0. The highest BCUT2D eigenvalue weighted by Gasteiger charge is 2.27. The van der Waals surface area contributed by atoms with Crippen molar-refractivity contribution in [2.75, 3.05) is 26.2 Å². The molecule has 1 saturated carbocycles. The predicted octanol–water partition coefficient (Wildman–Crippen LogP) is 9.43. The van der Waals surface area contributed by atoms with Gasteiger partial charge >= 0.3 is 5.97 Å².